The maximum atomic E-state index is 13.2. The minimum Gasteiger partial charge on any atom is -0.454 e. The third-order valence-corrected chi connectivity index (χ3v) is 7.53. The van der Waals surface area contributed by atoms with Gasteiger partial charge < -0.3 is 9.47 Å². The van der Waals surface area contributed by atoms with Crippen LogP contribution in [0.5, 0.6) is 11.5 Å². The second kappa shape index (κ2) is 10.5. The van der Waals surface area contributed by atoms with Gasteiger partial charge in [0.2, 0.25) is 6.79 Å². The molecule has 1 atom stereocenters. The molecule has 0 saturated carbocycles. The summed E-state index contributed by atoms with van der Waals surface area (Å²) in [7, 11) is 0. The van der Waals surface area contributed by atoms with Crippen LogP contribution in [0.3, 0.4) is 0 Å². The first kappa shape index (κ1) is 26.3. The van der Waals surface area contributed by atoms with Crippen LogP contribution >= 0.6 is 0 Å². The lowest BCUT2D eigenvalue weighted by Gasteiger charge is -2.39. The topological polar surface area (TPSA) is 68.5 Å². The van der Waals surface area contributed by atoms with E-state index in [1.165, 1.54) is 12.1 Å². The van der Waals surface area contributed by atoms with E-state index in [1.807, 2.05) is 54.9 Å². The van der Waals surface area contributed by atoms with E-state index in [0.717, 1.165) is 28.4 Å². The summed E-state index contributed by atoms with van der Waals surface area (Å²) in [6.45, 7) is 7.43. The second-order valence-corrected chi connectivity index (χ2v) is 10.2. The molecular formula is C29H29F3N6O2. The van der Waals surface area contributed by atoms with Gasteiger partial charge in [-0.05, 0) is 64.7 Å². The van der Waals surface area contributed by atoms with Crippen LogP contribution in [0.25, 0.3) is 5.69 Å². The van der Waals surface area contributed by atoms with Crippen molar-refractivity contribution in [1.82, 2.24) is 30.0 Å². The SMILES string of the molecule is Cc1cccc(C)c1-n1nnnc1C(c1ccc2c(c1)OCO2)N1CCN(Cc2cccc(C(F)(F)F)c2)CC1. The van der Waals surface area contributed by atoms with Crippen LogP contribution in [0.15, 0.2) is 60.7 Å². The van der Waals surface area contributed by atoms with Crippen LogP contribution in [0.4, 0.5) is 13.2 Å². The van der Waals surface area contributed by atoms with E-state index in [2.05, 4.69) is 25.3 Å². The number of aryl methyl sites for hydroxylation is 2. The standard InChI is InChI=1S/C29H29F3N6O2/c1-19-5-3-6-20(2)26(19)38-28(33-34-35-38)27(22-9-10-24-25(16-22)40-18-39-24)37-13-11-36(12-14-37)17-21-7-4-8-23(15-21)29(30,31)32/h3-10,15-16,27H,11-14,17-18H2,1-2H3. The molecule has 4 aromatic rings. The number of halogens is 3. The zero-order chi connectivity index (χ0) is 27.9. The summed E-state index contributed by atoms with van der Waals surface area (Å²) >= 11 is 0. The lowest BCUT2D eigenvalue weighted by molar-refractivity contribution is -0.137. The number of tetrazole rings is 1. The summed E-state index contributed by atoms with van der Waals surface area (Å²) in [5.74, 6) is 2.06. The monoisotopic (exact) mass is 550 g/mol. The fraction of sp³-hybridized carbons (Fsp3) is 0.345. The fourth-order valence-corrected chi connectivity index (χ4v) is 5.55. The van der Waals surface area contributed by atoms with Gasteiger partial charge in [0, 0.05) is 32.7 Å². The molecule has 1 saturated heterocycles. The number of alkyl halides is 3. The fourth-order valence-electron chi connectivity index (χ4n) is 5.55. The summed E-state index contributed by atoms with van der Waals surface area (Å²) in [6, 6.07) is 17.3. The average Bonchev–Trinajstić information content (AvgIpc) is 3.59. The van der Waals surface area contributed by atoms with Crippen molar-refractivity contribution in [3.8, 4) is 17.2 Å². The molecule has 3 aromatic carbocycles. The van der Waals surface area contributed by atoms with Gasteiger partial charge in [0.25, 0.3) is 0 Å². The van der Waals surface area contributed by atoms with Gasteiger partial charge >= 0.3 is 6.18 Å². The first-order valence-corrected chi connectivity index (χ1v) is 13.1. The number of nitrogens with zero attached hydrogens (tertiary/aromatic N) is 6. The van der Waals surface area contributed by atoms with Crippen LogP contribution in [0.1, 0.15) is 39.7 Å². The highest BCUT2D eigenvalue weighted by atomic mass is 19.4. The number of para-hydroxylation sites is 1. The van der Waals surface area contributed by atoms with Crippen molar-refractivity contribution in [2.45, 2.75) is 32.6 Å². The molecular weight excluding hydrogens is 521 g/mol. The number of fused-ring (bicyclic) bond motifs is 1. The van der Waals surface area contributed by atoms with Crippen molar-refractivity contribution in [2.75, 3.05) is 33.0 Å². The highest BCUT2D eigenvalue weighted by molar-refractivity contribution is 5.49. The molecule has 1 unspecified atom stereocenters. The molecule has 11 heteroatoms. The molecule has 0 bridgehead atoms. The normalized spacial score (nSPS) is 16.8. The smallest absolute Gasteiger partial charge is 0.416 e. The van der Waals surface area contributed by atoms with E-state index in [1.54, 1.807) is 6.07 Å². The maximum absolute atomic E-state index is 13.2. The minimum atomic E-state index is -4.36. The van der Waals surface area contributed by atoms with Gasteiger partial charge in [-0.1, -0.05) is 42.5 Å². The Balaban J connectivity index is 1.29. The lowest BCUT2D eigenvalue weighted by Crippen LogP contribution is -2.48. The second-order valence-electron chi connectivity index (χ2n) is 10.2. The van der Waals surface area contributed by atoms with Gasteiger partial charge in [0.15, 0.2) is 17.3 Å². The molecule has 6 rings (SSSR count). The zero-order valence-electron chi connectivity index (χ0n) is 22.2. The van der Waals surface area contributed by atoms with Gasteiger partial charge in [-0.3, -0.25) is 9.80 Å². The molecule has 0 amide bonds. The van der Waals surface area contributed by atoms with Gasteiger partial charge in [-0.2, -0.15) is 17.9 Å². The summed E-state index contributed by atoms with van der Waals surface area (Å²) in [5.41, 5.74) is 4.06. The molecule has 1 fully saturated rings. The molecule has 0 radical (unpaired) electrons. The van der Waals surface area contributed by atoms with E-state index in [-0.39, 0.29) is 12.8 Å². The molecule has 1 aromatic heterocycles. The van der Waals surface area contributed by atoms with Crippen LogP contribution in [-0.2, 0) is 12.7 Å². The predicted molar refractivity (Wildman–Crippen MR) is 141 cm³/mol. The maximum Gasteiger partial charge on any atom is 0.416 e. The predicted octanol–water partition coefficient (Wildman–Crippen LogP) is 4.93. The molecule has 40 heavy (non-hydrogen) atoms. The summed E-state index contributed by atoms with van der Waals surface area (Å²) in [4.78, 5) is 4.49. The molecule has 2 aliphatic heterocycles. The largest absolute Gasteiger partial charge is 0.454 e. The number of rotatable bonds is 6. The van der Waals surface area contributed by atoms with E-state index in [0.29, 0.717) is 55.6 Å². The Morgan fingerprint density at radius 2 is 1.60 bits per heavy atom. The molecule has 0 spiro atoms. The Morgan fingerprint density at radius 3 is 2.35 bits per heavy atom. The first-order valence-electron chi connectivity index (χ1n) is 13.1. The Hall–Kier alpha value is -3.96. The van der Waals surface area contributed by atoms with Crippen LogP contribution in [0, 0.1) is 13.8 Å². The Kier molecular flexibility index (Phi) is 6.93. The van der Waals surface area contributed by atoms with Crippen molar-refractivity contribution < 1.29 is 22.6 Å². The zero-order valence-corrected chi connectivity index (χ0v) is 22.2. The van der Waals surface area contributed by atoms with Crippen molar-refractivity contribution in [3.05, 3.63) is 94.3 Å². The summed E-state index contributed by atoms with van der Waals surface area (Å²) in [5, 5.41) is 13.0. The van der Waals surface area contributed by atoms with Gasteiger partial charge in [-0.15, -0.1) is 5.10 Å². The number of aromatic nitrogens is 4. The Morgan fingerprint density at radius 1 is 0.875 bits per heavy atom. The third kappa shape index (κ3) is 5.14. The number of benzene rings is 3. The third-order valence-electron chi connectivity index (χ3n) is 7.53. The first-order chi connectivity index (χ1) is 19.3. The highest BCUT2D eigenvalue weighted by Crippen LogP contribution is 2.38. The van der Waals surface area contributed by atoms with Crippen molar-refractivity contribution >= 4 is 0 Å². The number of hydrogen-bond donors (Lipinski definition) is 0. The highest BCUT2D eigenvalue weighted by Gasteiger charge is 2.33. The van der Waals surface area contributed by atoms with Crippen LogP contribution in [0.2, 0.25) is 0 Å². The van der Waals surface area contributed by atoms with E-state index in [4.69, 9.17) is 9.47 Å². The van der Waals surface area contributed by atoms with E-state index in [9.17, 15) is 13.2 Å². The van der Waals surface area contributed by atoms with Crippen LogP contribution in [-0.4, -0.2) is 63.0 Å². The summed E-state index contributed by atoms with van der Waals surface area (Å²) < 4.78 is 52.7. The number of piperazine rings is 1. The van der Waals surface area contributed by atoms with E-state index >= 15 is 0 Å². The molecule has 0 N–H and O–H groups in total. The average molecular weight is 551 g/mol. The minimum absolute atomic E-state index is 0.178. The van der Waals surface area contributed by atoms with Crippen molar-refractivity contribution in [1.29, 1.82) is 0 Å². The number of hydrogen-bond acceptors (Lipinski definition) is 7. The van der Waals surface area contributed by atoms with Gasteiger partial charge in [0.05, 0.1) is 17.3 Å². The summed E-state index contributed by atoms with van der Waals surface area (Å²) in [6.07, 6.45) is -4.36. The molecule has 8 nitrogen and oxygen atoms in total. The molecule has 2 aliphatic rings. The molecule has 3 heterocycles. The van der Waals surface area contributed by atoms with E-state index < -0.39 is 11.7 Å². The Bertz CT molecular complexity index is 1490. The quantitative estimate of drug-likeness (QED) is 0.337. The van der Waals surface area contributed by atoms with Gasteiger partial charge in [-0.25, -0.2) is 0 Å². The lowest BCUT2D eigenvalue weighted by atomic mass is 10.0. The van der Waals surface area contributed by atoms with Gasteiger partial charge in [0.1, 0.15) is 0 Å². The molecule has 0 aliphatic carbocycles. The molecule has 208 valence electrons. The number of ether oxygens (including phenoxy) is 2. The van der Waals surface area contributed by atoms with Crippen molar-refractivity contribution in [3.63, 3.8) is 0 Å². The Labute approximate surface area is 229 Å². The van der Waals surface area contributed by atoms with Crippen molar-refractivity contribution in [2.24, 2.45) is 0 Å². The van der Waals surface area contributed by atoms with Crippen LogP contribution < -0.4 is 9.47 Å².